The average molecular weight is 391 g/mol. The first kappa shape index (κ1) is 19.8. The third-order valence-electron chi connectivity index (χ3n) is 3.88. The summed E-state index contributed by atoms with van der Waals surface area (Å²) >= 11 is 0. The van der Waals surface area contributed by atoms with Crippen molar-refractivity contribution in [3.05, 3.63) is 66.0 Å². The number of amides is 2. The molecule has 8 heteroatoms. The smallest absolute Gasteiger partial charge is 0.274 e. The molecule has 0 aliphatic heterocycles. The first-order valence-electron chi connectivity index (χ1n) is 8.89. The second-order valence-electron chi connectivity index (χ2n) is 6.26. The Hall–Kier alpha value is -3.94. The van der Waals surface area contributed by atoms with E-state index in [-0.39, 0.29) is 23.5 Å². The number of hydrogen-bond donors (Lipinski definition) is 3. The van der Waals surface area contributed by atoms with Gasteiger partial charge in [0.2, 0.25) is 11.9 Å². The minimum atomic E-state index is -0.380. The fourth-order valence-electron chi connectivity index (χ4n) is 2.68. The molecule has 3 rings (SSSR count). The average Bonchev–Trinajstić information content (AvgIpc) is 2.67. The number of nitrogens with one attached hydrogen (secondary N) is 3. The van der Waals surface area contributed by atoms with Crippen LogP contribution in [0.25, 0.3) is 0 Å². The van der Waals surface area contributed by atoms with Gasteiger partial charge in [-0.05, 0) is 43.3 Å². The van der Waals surface area contributed by atoms with E-state index in [1.165, 1.54) is 14.0 Å². The number of carbonyl (C=O) groups is 2. The van der Waals surface area contributed by atoms with Crippen LogP contribution in [0.2, 0.25) is 0 Å². The number of rotatable bonds is 6. The molecule has 0 fully saturated rings. The van der Waals surface area contributed by atoms with Crippen LogP contribution in [-0.4, -0.2) is 28.9 Å². The van der Waals surface area contributed by atoms with Gasteiger partial charge in [0.15, 0.2) is 0 Å². The van der Waals surface area contributed by atoms with Crippen LogP contribution < -0.4 is 20.7 Å². The van der Waals surface area contributed by atoms with Crippen LogP contribution >= 0.6 is 0 Å². The summed E-state index contributed by atoms with van der Waals surface area (Å²) in [7, 11) is 1.54. The topological polar surface area (TPSA) is 105 Å². The van der Waals surface area contributed by atoms with E-state index in [2.05, 4.69) is 25.9 Å². The van der Waals surface area contributed by atoms with E-state index in [1.807, 2.05) is 12.1 Å². The van der Waals surface area contributed by atoms with Gasteiger partial charge in [-0.15, -0.1) is 0 Å². The highest BCUT2D eigenvalue weighted by Crippen LogP contribution is 2.24. The Morgan fingerprint density at radius 1 is 0.931 bits per heavy atom. The number of methoxy groups -OCH3 is 1. The quantitative estimate of drug-likeness (QED) is 0.591. The minimum absolute atomic E-state index is 0.163. The van der Waals surface area contributed by atoms with Crippen molar-refractivity contribution < 1.29 is 14.3 Å². The number of aryl methyl sites for hydroxylation is 1. The monoisotopic (exact) mass is 391 g/mol. The number of ether oxygens (including phenoxy) is 1. The molecule has 148 valence electrons. The lowest BCUT2D eigenvalue weighted by Gasteiger charge is -2.11. The Balaban J connectivity index is 1.81. The minimum Gasteiger partial charge on any atom is -0.495 e. The van der Waals surface area contributed by atoms with Gasteiger partial charge in [0.05, 0.1) is 12.8 Å². The summed E-state index contributed by atoms with van der Waals surface area (Å²) in [5.41, 5.74) is 2.71. The molecule has 0 aliphatic carbocycles. The molecule has 3 aromatic rings. The highest BCUT2D eigenvalue weighted by atomic mass is 16.5. The third kappa shape index (κ3) is 5.29. The van der Waals surface area contributed by atoms with Gasteiger partial charge in [0.1, 0.15) is 11.4 Å². The second kappa shape index (κ2) is 8.83. The molecule has 8 nitrogen and oxygen atoms in total. The Bertz CT molecular complexity index is 1050. The zero-order valence-electron chi connectivity index (χ0n) is 16.3. The van der Waals surface area contributed by atoms with Crippen LogP contribution in [0.15, 0.2) is 54.6 Å². The van der Waals surface area contributed by atoms with E-state index >= 15 is 0 Å². The van der Waals surface area contributed by atoms with Crippen LogP contribution in [0.5, 0.6) is 5.75 Å². The van der Waals surface area contributed by atoms with Crippen LogP contribution in [-0.2, 0) is 4.79 Å². The lowest BCUT2D eigenvalue weighted by atomic mass is 10.2. The highest BCUT2D eigenvalue weighted by Gasteiger charge is 2.13. The van der Waals surface area contributed by atoms with Crippen LogP contribution in [0.3, 0.4) is 0 Å². The van der Waals surface area contributed by atoms with E-state index in [9.17, 15) is 9.59 Å². The zero-order valence-corrected chi connectivity index (χ0v) is 16.3. The summed E-state index contributed by atoms with van der Waals surface area (Å²) in [5, 5.41) is 8.57. The number of anilines is 4. The van der Waals surface area contributed by atoms with Gasteiger partial charge < -0.3 is 20.7 Å². The van der Waals surface area contributed by atoms with Gasteiger partial charge in [-0.1, -0.05) is 18.2 Å². The maximum atomic E-state index is 12.7. The first-order valence-corrected chi connectivity index (χ1v) is 8.89. The number of para-hydroxylation sites is 2. The zero-order chi connectivity index (χ0) is 20.8. The largest absolute Gasteiger partial charge is 0.495 e. The molecule has 0 radical (unpaired) electrons. The lowest BCUT2D eigenvalue weighted by molar-refractivity contribution is -0.114. The number of aromatic nitrogens is 2. The number of nitrogens with zero attached hydrogens (tertiary/aromatic N) is 2. The van der Waals surface area contributed by atoms with Crippen LogP contribution in [0.1, 0.15) is 23.1 Å². The standard InChI is InChI=1S/C21H21N5O3/c1-13-11-18(20(28)25-17-9-4-5-10-19(17)29-3)26-21(22-13)24-16-8-6-7-15(12-16)23-14(2)27/h4-12H,1-3H3,(H,23,27)(H,25,28)(H,22,24,26). The molecule has 0 saturated carbocycles. The van der Waals surface area contributed by atoms with E-state index in [1.54, 1.807) is 49.4 Å². The number of hydrogen-bond acceptors (Lipinski definition) is 6. The molecule has 1 heterocycles. The fourth-order valence-corrected chi connectivity index (χ4v) is 2.68. The highest BCUT2D eigenvalue weighted by molar-refractivity contribution is 6.04. The van der Waals surface area contributed by atoms with E-state index < -0.39 is 0 Å². The van der Waals surface area contributed by atoms with Crippen molar-refractivity contribution in [2.45, 2.75) is 13.8 Å². The van der Waals surface area contributed by atoms with Crippen molar-refractivity contribution >= 4 is 34.8 Å². The van der Waals surface area contributed by atoms with E-state index in [0.29, 0.717) is 28.5 Å². The molecular formula is C21H21N5O3. The number of benzene rings is 2. The third-order valence-corrected chi connectivity index (χ3v) is 3.88. The molecule has 0 saturated heterocycles. The molecule has 0 atom stereocenters. The molecule has 2 aromatic carbocycles. The predicted molar refractivity (Wildman–Crippen MR) is 112 cm³/mol. The van der Waals surface area contributed by atoms with Gasteiger partial charge in [-0.3, -0.25) is 9.59 Å². The first-order chi connectivity index (χ1) is 13.9. The van der Waals surface area contributed by atoms with Crippen molar-refractivity contribution in [3.63, 3.8) is 0 Å². The summed E-state index contributed by atoms with van der Waals surface area (Å²) in [6.07, 6.45) is 0. The summed E-state index contributed by atoms with van der Waals surface area (Å²) in [6, 6.07) is 15.9. The second-order valence-corrected chi connectivity index (χ2v) is 6.26. The maximum Gasteiger partial charge on any atom is 0.274 e. The summed E-state index contributed by atoms with van der Waals surface area (Å²) in [5.74, 6) is 0.286. The summed E-state index contributed by atoms with van der Waals surface area (Å²) in [6.45, 7) is 3.22. The van der Waals surface area contributed by atoms with E-state index in [0.717, 1.165) is 0 Å². The van der Waals surface area contributed by atoms with Crippen LogP contribution in [0, 0.1) is 6.92 Å². The van der Waals surface area contributed by atoms with E-state index in [4.69, 9.17) is 4.74 Å². The Morgan fingerprint density at radius 3 is 2.45 bits per heavy atom. The van der Waals surface area contributed by atoms with Crippen LogP contribution in [0.4, 0.5) is 23.0 Å². The molecule has 1 aromatic heterocycles. The van der Waals surface area contributed by atoms with Gasteiger partial charge >= 0.3 is 0 Å². The molecule has 29 heavy (non-hydrogen) atoms. The summed E-state index contributed by atoms with van der Waals surface area (Å²) < 4.78 is 5.26. The molecule has 0 aliphatic rings. The Labute approximate surface area is 168 Å². The lowest BCUT2D eigenvalue weighted by Crippen LogP contribution is -2.16. The fraction of sp³-hybridized carbons (Fsp3) is 0.143. The molecule has 0 spiro atoms. The van der Waals surface area contributed by atoms with Crippen molar-refractivity contribution in [1.29, 1.82) is 0 Å². The van der Waals surface area contributed by atoms with Crippen molar-refractivity contribution in [1.82, 2.24) is 9.97 Å². The van der Waals surface area contributed by atoms with Crippen molar-refractivity contribution in [3.8, 4) is 5.75 Å². The van der Waals surface area contributed by atoms with Crippen molar-refractivity contribution in [2.24, 2.45) is 0 Å². The predicted octanol–water partition coefficient (Wildman–Crippen LogP) is 3.75. The Kier molecular flexibility index (Phi) is 6.03. The molecule has 3 N–H and O–H groups in total. The normalized spacial score (nSPS) is 10.2. The maximum absolute atomic E-state index is 12.7. The molecule has 0 bridgehead atoms. The molecule has 0 unspecified atom stereocenters. The summed E-state index contributed by atoms with van der Waals surface area (Å²) in [4.78, 5) is 32.6. The van der Waals surface area contributed by atoms with Crippen molar-refractivity contribution in [2.75, 3.05) is 23.1 Å². The Morgan fingerprint density at radius 2 is 1.69 bits per heavy atom. The van der Waals surface area contributed by atoms with Gasteiger partial charge in [-0.2, -0.15) is 0 Å². The SMILES string of the molecule is COc1ccccc1NC(=O)c1cc(C)nc(Nc2cccc(NC(C)=O)c2)n1. The van der Waals surface area contributed by atoms with Gasteiger partial charge in [0, 0.05) is 24.0 Å². The molecular weight excluding hydrogens is 370 g/mol. The van der Waals surface area contributed by atoms with Gasteiger partial charge in [0.25, 0.3) is 5.91 Å². The van der Waals surface area contributed by atoms with Gasteiger partial charge in [-0.25, -0.2) is 9.97 Å². The molecule has 2 amide bonds. The number of carbonyl (C=O) groups excluding carboxylic acids is 2.